The SMILES string of the molecule is CCCS(=O)(=O)N1CCC(NC(=NCCS(=O)Cc2ccccc2)NCC)CC1.I. The Hall–Kier alpha value is -0.720. The highest BCUT2D eigenvalue weighted by Crippen LogP contribution is 2.15. The van der Waals surface area contributed by atoms with Crippen LogP contribution in [0.5, 0.6) is 0 Å². The Morgan fingerprint density at radius 1 is 1.20 bits per heavy atom. The number of piperidine rings is 1. The van der Waals surface area contributed by atoms with Gasteiger partial charge < -0.3 is 10.6 Å². The van der Waals surface area contributed by atoms with Gasteiger partial charge in [-0.2, -0.15) is 0 Å². The highest BCUT2D eigenvalue weighted by molar-refractivity contribution is 14.0. The summed E-state index contributed by atoms with van der Waals surface area (Å²) in [6, 6.07) is 10.0. The van der Waals surface area contributed by atoms with Crippen LogP contribution in [0.2, 0.25) is 0 Å². The summed E-state index contributed by atoms with van der Waals surface area (Å²) in [6.45, 7) is 6.20. The van der Waals surface area contributed by atoms with Crippen molar-refractivity contribution in [2.75, 3.05) is 37.7 Å². The number of halogens is 1. The molecule has 0 spiro atoms. The first-order valence-electron chi connectivity index (χ1n) is 10.4. The molecule has 2 rings (SSSR count). The van der Waals surface area contributed by atoms with E-state index >= 15 is 0 Å². The van der Waals surface area contributed by atoms with Crippen molar-refractivity contribution in [3.8, 4) is 0 Å². The standard InChI is InChI=1S/C20H34N4O3S2.HI/c1-3-16-29(26,27)24-13-10-19(11-14-24)23-20(21-4-2)22-12-15-28(25)17-18-8-6-5-7-9-18;/h5-9,19H,3-4,10-17H2,1-2H3,(H2,21,22,23);1H. The molecule has 0 radical (unpaired) electrons. The van der Waals surface area contributed by atoms with Crippen molar-refractivity contribution >= 4 is 50.8 Å². The van der Waals surface area contributed by atoms with Crippen LogP contribution in [0.3, 0.4) is 0 Å². The average molecular weight is 571 g/mol. The van der Waals surface area contributed by atoms with Crippen LogP contribution in [-0.4, -0.2) is 66.6 Å². The second kappa shape index (κ2) is 14.4. The number of sulfonamides is 1. The summed E-state index contributed by atoms with van der Waals surface area (Å²) in [6.07, 6.45) is 2.16. The Morgan fingerprint density at radius 2 is 1.87 bits per heavy atom. The molecule has 1 fully saturated rings. The van der Waals surface area contributed by atoms with Crippen LogP contribution in [0, 0.1) is 0 Å². The third-order valence-corrected chi connectivity index (χ3v) is 8.12. The molecule has 0 aromatic heterocycles. The normalized spacial score (nSPS) is 17.2. The van der Waals surface area contributed by atoms with E-state index in [4.69, 9.17) is 0 Å². The first kappa shape index (κ1) is 27.3. The molecule has 0 bridgehead atoms. The number of guanidine groups is 1. The lowest BCUT2D eigenvalue weighted by atomic mass is 10.1. The van der Waals surface area contributed by atoms with Crippen LogP contribution in [0.15, 0.2) is 35.3 Å². The molecule has 1 aromatic carbocycles. The second-order valence-corrected chi connectivity index (χ2v) is 10.8. The maximum atomic E-state index is 12.3. The highest BCUT2D eigenvalue weighted by Gasteiger charge is 2.27. The van der Waals surface area contributed by atoms with Gasteiger partial charge in [-0.3, -0.25) is 9.20 Å². The van der Waals surface area contributed by atoms with E-state index in [0.717, 1.165) is 24.9 Å². The van der Waals surface area contributed by atoms with Gasteiger partial charge in [0.2, 0.25) is 10.0 Å². The minimum atomic E-state index is -3.12. The monoisotopic (exact) mass is 570 g/mol. The van der Waals surface area contributed by atoms with Gasteiger partial charge in [0.1, 0.15) is 0 Å². The van der Waals surface area contributed by atoms with Gasteiger partial charge in [-0.05, 0) is 31.7 Å². The van der Waals surface area contributed by atoms with Crippen LogP contribution in [0.25, 0.3) is 0 Å². The zero-order chi connectivity index (χ0) is 21.1. The molecule has 1 atom stereocenters. The van der Waals surface area contributed by atoms with Crippen molar-refractivity contribution in [2.45, 2.75) is 44.9 Å². The predicted molar refractivity (Wildman–Crippen MR) is 136 cm³/mol. The van der Waals surface area contributed by atoms with Crippen molar-refractivity contribution in [3.05, 3.63) is 35.9 Å². The lowest BCUT2D eigenvalue weighted by Gasteiger charge is -2.32. The number of nitrogens with one attached hydrogen (secondary N) is 2. The molecular formula is C20H35IN4O3S2. The van der Waals surface area contributed by atoms with Crippen molar-refractivity contribution in [1.82, 2.24) is 14.9 Å². The maximum absolute atomic E-state index is 12.3. The summed E-state index contributed by atoms with van der Waals surface area (Å²) >= 11 is 0. The average Bonchev–Trinajstić information content (AvgIpc) is 2.69. The molecule has 0 aliphatic carbocycles. The van der Waals surface area contributed by atoms with Crippen molar-refractivity contribution in [2.24, 2.45) is 4.99 Å². The van der Waals surface area contributed by atoms with Gasteiger partial charge in [-0.1, -0.05) is 37.3 Å². The Kier molecular flexibility index (Phi) is 13.1. The van der Waals surface area contributed by atoms with E-state index in [1.807, 2.05) is 44.2 Å². The van der Waals surface area contributed by atoms with Gasteiger partial charge in [-0.25, -0.2) is 12.7 Å². The summed E-state index contributed by atoms with van der Waals surface area (Å²) in [5.41, 5.74) is 1.07. The fraction of sp³-hybridized carbons (Fsp3) is 0.650. The number of rotatable bonds is 10. The van der Waals surface area contributed by atoms with Crippen LogP contribution in [0.1, 0.15) is 38.7 Å². The lowest BCUT2D eigenvalue weighted by Crippen LogP contribution is -2.50. The maximum Gasteiger partial charge on any atom is 0.214 e. The second-order valence-electron chi connectivity index (χ2n) is 7.17. The van der Waals surface area contributed by atoms with Crippen molar-refractivity contribution < 1.29 is 12.6 Å². The van der Waals surface area contributed by atoms with E-state index in [2.05, 4.69) is 15.6 Å². The summed E-state index contributed by atoms with van der Waals surface area (Å²) < 4.78 is 38.3. The van der Waals surface area contributed by atoms with E-state index in [-0.39, 0.29) is 35.8 Å². The van der Waals surface area contributed by atoms with Crippen LogP contribution >= 0.6 is 24.0 Å². The van der Waals surface area contributed by atoms with Gasteiger partial charge in [0.25, 0.3) is 0 Å². The summed E-state index contributed by atoms with van der Waals surface area (Å²) in [7, 11) is -4.07. The molecular weight excluding hydrogens is 535 g/mol. The molecule has 172 valence electrons. The Morgan fingerprint density at radius 3 is 2.47 bits per heavy atom. The van der Waals surface area contributed by atoms with Crippen molar-refractivity contribution in [3.63, 3.8) is 0 Å². The van der Waals surface area contributed by atoms with E-state index in [9.17, 15) is 12.6 Å². The van der Waals surface area contributed by atoms with Gasteiger partial charge in [0, 0.05) is 48.0 Å². The molecule has 2 N–H and O–H groups in total. The first-order valence-corrected chi connectivity index (χ1v) is 13.5. The number of nitrogens with zero attached hydrogens (tertiary/aromatic N) is 2. The molecule has 30 heavy (non-hydrogen) atoms. The first-order chi connectivity index (χ1) is 13.9. The van der Waals surface area contributed by atoms with Crippen LogP contribution < -0.4 is 10.6 Å². The largest absolute Gasteiger partial charge is 0.357 e. The fourth-order valence-corrected chi connectivity index (χ4v) is 5.82. The van der Waals surface area contributed by atoms with E-state index < -0.39 is 20.8 Å². The Labute approximate surface area is 201 Å². The molecule has 1 unspecified atom stereocenters. The fourth-order valence-electron chi connectivity index (χ4n) is 3.27. The molecule has 1 aromatic rings. The van der Waals surface area contributed by atoms with Gasteiger partial charge in [0.15, 0.2) is 5.96 Å². The summed E-state index contributed by atoms with van der Waals surface area (Å²) in [5, 5.41) is 6.63. The smallest absolute Gasteiger partial charge is 0.214 e. The van der Waals surface area contributed by atoms with Gasteiger partial charge in [-0.15, -0.1) is 24.0 Å². The summed E-state index contributed by atoms with van der Waals surface area (Å²) in [5.74, 6) is 1.98. The number of hydrogen-bond acceptors (Lipinski definition) is 4. The molecule has 0 amide bonds. The number of hydrogen-bond donors (Lipinski definition) is 2. The van der Waals surface area contributed by atoms with E-state index in [1.165, 1.54) is 0 Å². The number of aliphatic imine (C=N–C) groups is 1. The Balaban J connectivity index is 0.00000450. The minimum Gasteiger partial charge on any atom is -0.357 e. The Bertz CT molecular complexity index is 768. The molecule has 10 heteroatoms. The molecule has 1 aliphatic heterocycles. The van der Waals surface area contributed by atoms with Crippen molar-refractivity contribution in [1.29, 1.82) is 0 Å². The third kappa shape index (κ3) is 9.61. The van der Waals surface area contributed by atoms with Gasteiger partial charge >= 0.3 is 0 Å². The van der Waals surface area contributed by atoms with Gasteiger partial charge in [0.05, 0.1) is 12.3 Å². The molecule has 7 nitrogen and oxygen atoms in total. The molecule has 1 aliphatic rings. The minimum absolute atomic E-state index is 0. The zero-order valence-electron chi connectivity index (χ0n) is 17.9. The zero-order valence-corrected chi connectivity index (χ0v) is 21.8. The van der Waals surface area contributed by atoms with E-state index in [0.29, 0.717) is 43.5 Å². The van der Waals surface area contributed by atoms with E-state index in [1.54, 1.807) is 4.31 Å². The summed E-state index contributed by atoms with van der Waals surface area (Å²) in [4.78, 5) is 4.56. The predicted octanol–water partition coefficient (Wildman–Crippen LogP) is 2.31. The molecule has 1 saturated heterocycles. The highest BCUT2D eigenvalue weighted by atomic mass is 127. The third-order valence-electron chi connectivity index (χ3n) is 4.75. The topological polar surface area (TPSA) is 90.9 Å². The van der Waals surface area contributed by atoms with Crippen LogP contribution in [0.4, 0.5) is 0 Å². The number of benzene rings is 1. The molecule has 1 heterocycles. The molecule has 0 saturated carbocycles. The quantitative estimate of drug-likeness (QED) is 0.256. The van der Waals surface area contributed by atoms with Crippen LogP contribution in [-0.2, 0) is 26.6 Å². The lowest BCUT2D eigenvalue weighted by molar-refractivity contribution is 0.306.